The van der Waals surface area contributed by atoms with Crippen LogP contribution >= 0.6 is 0 Å². The highest BCUT2D eigenvalue weighted by molar-refractivity contribution is 5.76. The van der Waals surface area contributed by atoms with Crippen LogP contribution in [0.2, 0.25) is 0 Å². The molecular formula is C24H27FN2O3. The molecule has 0 aliphatic heterocycles. The van der Waals surface area contributed by atoms with Gasteiger partial charge in [-0.3, -0.25) is 4.79 Å². The number of nitrogens with one attached hydrogen (secondary N) is 1. The lowest BCUT2D eigenvalue weighted by atomic mass is 9.87. The van der Waals surface area contributed by atoms with Gasteiger partial charge in [0.25, 0.3) is 0 Å². The van der Waals surface area contributed by atoms with Gasteiger partial charge in [-0.25, -0.2) is 9.37 Å². The molecule has 0 saturated heterocycles. The standard InChI is InChI=1S/C24H27FN2O3/c1-24(2,3)17-8-10-18(11-9-17)29-15-14-26-22(28)12-13-23-27-16-21(30-23)19-6-4-5-7-20(19)25/h4-11,16H,12-15H2,1-3H3,(H,26,28). The molecule has 6 heteroatoms. The van der Waals surface area contributed by atoms with Gasteiger partial charge in [0, 0.05) is 12.8 Å². The van der Waals surface area contributed by atoms with Crippen LogP contribution in [0.1, 0.15) is 38.6 Å². The minimum atomic E-state index is -0.369. The molecule has 0 aliphatic rings. The van der Waals surface area contributed by atoms with E-state index in [0.717, 1.165) is 5.75 Å². The van der Waals surface area contributed by atoms with Gasteiger partial charge >= 0.3 is 0 Å². The maximum atomic E-state index is 13.8. The highest BCUT2D eigenvalue weighted by atomic mass is 19.1. The zero-order chi connectivity index (χ0) is 21.6. The topological polar surface area (TPSA) is 64.4 Å². The summed E-state index contributed by atoms with van der Waals surface area (Å²) in [5.74, 6) is 1.05. The molecule has 2 aromatic carbocycles. The third kappa shape index (κ3) is 5.92. The van der Waals surface area contributed by atoms with Gasteiger partial charge in [-0.1, -0.05) is 45.0 Å². The van der Waals surface area contributed by atoms with E-state index < -0.39 is 0 Å². The Hall–Kier alpha value is -3.15. The number of benzene rings is 2. The average Bonchev–Trinajstić information content (AvgIpc) is 3.18. The Bertz CT molecular complexity index is 975. The van der Waals surface area contributed by atoms with Crippen LogP contribution < -0.4 is 10.1 Å². The van der Waals surface area contributed by atoms with Crippen LogP contribution in [0.15, 0.2) is 59.1 Å². The monoisotopic (exact) mass is 410 g/mol. The molecule has 3 rings (SSSR count). The Morgan fingerprint density at radius 3 is 2.57 bits per heavy atom. The highest BCUT2D eigenvalue weighted by Crippen LogP contribution is 2.25. The molecule has 0 saturated carbocycles. The van der Waals surface area contributed by atoms with Crippen LogP contribution in [0.5, 0.6) is 5.75 Å². The van der Waals surface area contributed by atoms with Crippen molar-refractivity contribution >= 4 is 5.91 Å². The first-order valence-electron chi connectivity index (χ1n) is 10.0. The van der Waals surface area contributed by atoms with Crippen molar-refractivity contribution in [2.75, 3.05) is 13.2 Å². The molecule has 1 aromatic heterocycles. The fourth-order valence-electron chi connectivity index (χ4n) is 2.93. The molecule has 0 spiro atoms. The van der Waals surface area contributed by atoms with Crippen LogP contribution in [0.4, 0.5) is 4.39 Å². The van der Waals surface area contributed by atoms with E-state index in [0.29, 0.717) is 36.8 Å². The average molecular weight is 410 g/mol. The van der Waals surface area contributed by atoms with E-state index in [1.807, 2.05) is 12.1 Å². The van der Waals surface area contributed by atoms with Gasteiger partial charge in [-0.15, -0.1) is 0 Å². The van der Waals surface area contributed by atoms with Crippen molar-refractivity contribution in [3.63, 3.8) is 0 Å². The molecular weight excluding hydrogens is 383 g/mol. The van der Waals surface area contributed by atoms with Gasteiger partial charge < -0.3 is 14.5 Å². The molecule has 158 valence electrons. The number of aromatic nitrogens is 1. The Morgan fingerprint density at radius 2 is 1.87 bits per heavy atom. The van der Waals surface area contributed by atoms with E-state index in [1.54, 1.807) is 18.2 Å². The molecule has 1 heterocycles. The van der Waals surface area contributed by atoms with Gasteiger partial charge in [0.05, 0.1) is 18.3 Å². The minimum absolute atomic E-state index is 0.103. The second kappa shape index (κ2) is 9.57. The van der Waals surface area contributed by atoms with Crippen LogP contribution in [0.25, 0.3) is 11.3 Å². The molecule has 0 unspecified atom stereocenters. The van der Waals surface area contributed by atoms with Crippen LogP contribution in [-0.4, -0.2) is 24.0 Å². The lowest BCUT2D eigenvalue weighted by molar-refractivity contribution is -0.121. The summed E-state index contributed by atoms with van der Waals surface area (Å²) in [5.41, 5.74) is 1.70. The van der Waals surface area contributed by atoms with Crippen molar-refractivity contribution in [3.8, 4) is 17.1 Å². The normalized spacial score (nSPS) is 11.3. The predicted molar refractivity (Wildman–Crippen MR) is 114 cm³/mol. The van der Waals surface area contributed by atoms with E-state index in [-0.39, 0.29) is 23.6 Å². The Morgan fingerprint density at radius 1 is 1.13 bits per heavy atom. The van der Waals surface area contributed by atoms with E-state index in [9.17, 15) is 9.18 Å². The van der Waals surface area contributed by atoms with Crippen molar-refractivity contribution in [1.82, 2.24) is 10.3 Å². The van der Waals surface area contributed by atoms with E-state index in [1.165, 1.54) is 17.8 Å². The number of hydrogen-bond acceptors (Lipinski definition) is 4. The fraction of sp³-hybridized carbons (Fsp3) is 0.333. The molecule has 0 fully saturated rings. The second-order valence-corrected chi connectivity index (χ2v) is 8.07. The molecule has 1 amide bonds. The first kappa shape index (κ1) is 21.6. The number of halogens is 1. The lowest BCUT2D eigenvalue weighted by Crippen LogP contribution is -2.28. The molecule has 30 heavy (non-hydrogen) atoms. The zero-order valence-electron chi connectivity index (χ0n) is 17.6. The number of amides is 1. The van der Waals surface area contributed by atoms with Gasteiger partial charge in [0.1, 0.15) is 18.2 Å². The summed E-state index contributed by atoms with van der Waals surface area (Å²) < 4.78 is 25.0. The summed E-state index contributed by atoms with van der Waals surface area (Å²) in [5, 5.41) is 2.81. The number of carbonyl (C=O) groups is 1. The summed E-state index contributed by atoms with van der Waals surface area (Å²) in [4.78, 5) is 16.1. The van der Waals surface area contributed by atoms with E-state index in [2.05, 4.69) is 43.2 Å². The van der Waals surface area contributed by atoms with Crippen molar-refractivity contribution in [2.24, 2.45) is 0 Å². The maximum absolute atomic E-state index is 13.8. The quantitative estimate of drug-likeness (QED) is 0.536. The molecule has 3 aromatic rings. The summed E-state index contributed by atoms with van der Waals surface area (Å²) in [6, 6.07) is 14.3. The smallest absolute Gasteiger partial charge is 0.220 e. The fourth-order valence-corrected chi connectivity index (χ4v) is 2.93. The minimum Gasteiger partial charge on any atom is -0.492 e. The number of ether oxygens (including phenoxy) is 1. The first-order chi connectivity index (χ1) is 14.3. The lowest BCUT2D eigenvalue weighted by Gasteiger charge is -2.19. The zero-order valence-corrected chi connectivity index (χ0v) is 17.6. The van der Waals surface area contributed by atoms with Crippen LogP contribution in [0.3, 0.4) is 0 Å². The summed E-state index contributed by atoms with van der Waals surface area (Å²) >= 11 is 0. The third-order valence-electron chi connectivity index (χ3n) is 4.67. The number of carbonyl (C=O) groups excluding carboxylic acids is 1. The Kier molecular flexibility index (Phi) is 6.87. The van der Waals surface area contributed by atoms with E-state index in [4.69, 9.17) is 9.15 Å². The highest BCUT2D eigenvalue weighted by Gasteiger charge is 2.13. The van der Waals surface area contributed by atoms with Gasteiger partial charge in [-0.2, -0.15) is 0 Å². The first-order valence-corrected chi connectivity index (χ1v) is 10.0. The molecule has 0 radical (unpaired) electrons. The Labute approximate surface area is 176 Å². The number of hydrogen-bond donors (Lipinski definition) is 1. The van der Waals surface area contributed by atoms with Crippen molar-refractivity contribution in [2.45, 2.75) is 39.0 Å². The van der Waals surface area contributed by atoms with Gasteiger partial charge in [0.2, 0.25) is 5.91 Å². The number of nitrogens with zero attached hydrogens (tertiary/aromatic N) is 1. The number of aryl methyl sites for hydroxylation is 1. The summed E-state index contributed by atoms with van der Waals surface area (Å²) in [6.07, 6.45) is 2.05. The molecule has 0 bridgehead atoms. The SMILES string of the molecule is CC(C)(C)c1ccc(OCCNC(=O)CCc2ncc(-c3ccccc3F)o2)cc1. The van der Waals surface area contributed by atoms with Crippen molar-refractivity contribution in [1.29, 1.82) is 0 Å². The third-order valence-corrected chi connectivity index (χ3v) is 4.67. The summed E-state index contributed by atoms with van der Waals surface area (Å²) in [7, 11) is 0. The van der Waals surface area contributed by atoms with Gasteiger partial charge in [-0.05, 0) is 35.2 Å². The molecule has 5 nitrogen and oxygen atoms in total. The maximum Gasteiger partial charge on any atom is 0.220 e. The molecule has 0 atom stereocenters. The van der Waals surface area contributed by atoms with E-state index >= 15 is 0 Å². The largest absolute Gasteiger partial charge is 0.492 e. The predicted octanol–water partition coefficient (Wildman–Crippen LogP) is 4.91. The number of rotatable bonds is 8. The van der Waals surface area contributed by atoms with Gasteiger partial charge in [0.15, 0.2) is 11.7 Å². The second-order valence-electron chi connectivity index (χ2n) is 8.07. The van der Waals surface area contributed by atoms with Crippen molar-refractivity contribution in [3.05, 3.63) is 72.0 Å². The molecule has 1 N–H and O–H groups in total. The van der Waals surface area contributed by atoms with Crippen LogP contribution in [0, 0.1) is 5.82 Å². The van der Waals surface area contributed by atoms with Crippen molar-refractivity contribution < 1.29 is 18.3 Å². The number of oxazole rings is 1. The molecule has 0 aliphatic carbocycles. The van der Waals surface area contributed by atoms with Crippen LogP contribution in [-0.2, 0) is 16.6 Å². The summed E-state index contributed by atoms with van der Waals surface area (Å²) in [6.45, 7) is 7.29. The Balaban J connectivity index is 1.38.